The molecule has 0 aromatic heterocycles. The lowest BCUT2D eigenvalue weighted by atomic mass is 10.1. The SMILES string of the molecule is CC[C@@H](C)NC(=O)[C@H]1CS[C@H](c2ccccc2Cl)N1C(=O)C(C)C. The topological polar surface area (TPSA) is 49.4 Å². The predicted octanol–water partition coefficient (Wildman–Crippen LogP) is 3.85. The minimum Gasteiger partial charge on any atom is -0.352 e. The van der Waals surface area contributed by atoms with Crippen LogP contribution in [0.15, 0.2) is 24.3 Å². The van der Waals surface area contributed by atoms with E-state index >= 15 is 0 Å². The van der Waals surface area contributed by atoms with Crippen LogP contribution in [0.25, 0.3) is 0 Å². The van der Waals surface area contributed by atoms with E-state index in [2.05, 4.69) is 5.32 Å². The zero-order valence-corrected chi connectivity index (χ0v) is 16.2. The van der Waals surface area contributed by atoms with Gasteiger partial charge in [0.15, 0.2) is 0 Å². The van der Waals surface area contributed by atoms with Crippen LogP contribution in [0.2, 0.25) is 5.02 Å². The summed E-state index contributed by atoms with van der Waals surface area (Å²) < 4.78 is 0. The first-order valence-electron chi connectivity index (χ1n) is 8.35. The minimum absolute atomic E-state index is 0.0192. The van der Waals surface area contributed by atoms with Gasteiger partial charge >= 0.3 is 0 Å². The van der Waals surface area contributed by atoms with Crippen molar-refractivity contribution in [1.82, 2.24) is 10.2 Å². The molecule has 1 aliphatic rings. The van der Waals surface area contributed by atoms with Gasteiger partial charge < -0.3 is 10.2 Å². The molecule has 1 saturated heterocycles. The zero-order chi connectivity index (χ0) is 17.9. The normalized spacial score (nSPS) is 21.8. The molecule has 1 fully saturated rings. The Morgan fingerprint density at radius 1 is 1.33 bits per heavy atom. The summed E-state index contributed by atoms with van der Waals surface area (Å²) in [5.41, 5.74) is 0.886. The summed E-state index contributed by atoms with van der Waals surface area (Å²) in [7, 11) is 0. The van der Waals surface area contributed by atoms with E-state index < -0.39 is 6.04 Å². The van der Waals surface area contributed by atoms with E-state index in [4.69, 9.17) is 11.6 Å². The molecule has 6 heteroatoms. The van der Waals surface area contributed by atoms with E-state index in [1.54, 1.807) is 16.7 Å². The van der Waals surface area contributed by atoms with Gasteiger partial charge in [0.1, 0.15) is 11.4 Å². The lowest BCUT2D eigenvalue weighted by molar-refractivity contribution is -0.142. The molecule has 4 nitrogen and oxygen atoms in total. The summed E-state index contributed by atoms with van der Waals surface area (Å²) in [6, 6.07) is 7.16. The van der Waals surface area contributed by atoms with Gasteiger partial charge in [0.05, 0.1) is 0 Å². The van der Waals surface area contributed by atoms with E-state index in [0.717, 1.165) is 12.0 Å². The summed E-state index contributed by atoms with van der Waals surface area (Å²) in [5.74, 6) is 0.304. The first-order chi connectivity index (χ1) is 11.4. The van der Waals surface area contributed by atoms with Crippen LogP contribution in [0, 0.1) is 5.92 Å². The Bertz CT molecular complexity index is 608. The summed E-state index contributed by atoms with van der Waals surface area (Å²) >= 11 is 7.93. The monoisotopic (exact) mass is 368 g/mol. The number of hydrogen-bond donors (Lipinski definition) is 1. The van der Waals surface area contributed by atoms with Crippen LogP contribution in [-0.4, -0.2) is 34.6 Å². The number of halogens is 1. The third kappa shape index (κ3) is 4.06. The van der Waals surface area contributed by atoms with Gasteiger partial charge in [-0.2, -0.15) is 0 Å². The number of thioether (sulfide) groups is 1. The molecule has 2 amide bonds. The highest BCUT2D eigenvalue weighted by Crippen LogP contribution is 2.44. The van der Waals surface area contributed by atoms with Crippen LogP contribution in [0.4, 0.5) is 0 Å². The van der Waals surface area contributed by atoms with Gasteiger partial charge in [-0.1, -0.05) is 50.6 Å². The van der Waals surface area contributed by atoms with Crippen molar-refractivity contribution in [3.63, 3.8) is 0 Å². The van der Waals surface area contributed by atoms with Crippen molar-refractivity contribution in [3.8, 4) is 0 Å². The molecule has 2 rings (SSSR count). The fourth-order valence-corrected chi connectivity index (χ4v) is 4.41. The molecule has 0 radical (unpaired) electrons. The maximum Gasteiger partial charge on any atom is 0.243 e. The molecule has 0 unspecified atom stereocenters. The van der Waals surface area contributed by atoms with Crippen molar-refractivity contribution < 1.29 is 9.59 Å². The predicted molar refractivity (Wildman–Crippen MR) is 100 cm³/mol. The molecule has 1 aromatic rings. The first kappa shape index (κ1) is 19.1. The van der Waals surface area contributed by atoms with Gasteiger partial charge in [-0.25, -0.2) is 0 Å². The number of nitrogens with one attached hydrogen (secondary N) is 1. The van der Waals surface area contributed by atoms with Gasteiger partial charge in [0.25, 0.3) is 0 Å². The smallest absolute Gasteiger partial charge is 0.243 e. The van der Waals surface area contributed by atoms with E-state index in [1.165, 1.54) is 0 Å². The maximum absolute atomic E-state index is 12.8. The van der Waals surface area contributed by atoms with Crippen molar-refractivity contribution in [3.05, 3.63) is 34.9 Å². The van der Waals surface area contributed by atoms with Crippen LogP contribution < -0.4 is 5.32 Å². The van der Waals surface area contributed by atoms with Crippen molar-refractivity contribution in [2.75, 3.05) is 5.75 Å². The molecule has 0 saturated carbocycles. The lowest BCUT2D eigenvalue weighted by Gasteiger charge is -2.31. The molecule has 0 bridgehead atoms. The van der Waals surface area contributed by atoms with Gasteiger partial charge in [-0.3, -0.25) is 9.59 Å². The Labute approximate surface area is 153 Å². The van der Waals surface area contributed by atoms with E-state index in [1.807, 2.05) is 52.0 Å². The van der Waals surface area contributed by atoms with E-state index in [-0.39, 0.29) is 29.1 Å². The Hall–Kier alpha value is -1.20. The molecule has 1 aliphatic heterocycles. The molecular formula is C18H25ClN2O2S. The number of benzene rings is 1. The largest absolute Gasteiger partial charge is 0.352 e. The van der Waals surface area contributed by atoms with Gasteiger partial charge in [-0.05, 0) is 19.4 Å². The molecule has 24 heavy (non-hydrogen) atoms. The highest BCUT2D eigenvalue weighted by atomic mass is 35.5. The van der Waals surface area contributed by atoms with Crippen LogP contribution >= 0.6 is 23.4 Å². The molecule has 1 heterocycles. The first-order valence-corrected chi connectivity index (χ1v) is 9.78. The number of carbonyl (C=O) groups is 2. The van der Waals surface area contributed by atoms with Gasteiger partial charge in [-0.15, -0.1) is 11.8 Å². The molecule has 0 aliphatic carbocycles. The standard InChI is InChI=1S/C18H25ClN2O2S/c1-5-12(4)20-16(22)15-10-24-18(21(15)17(23)11(2)3)13-8-6-7-9-14(13)19/h6-9,11-12,15,18H,5,10H2,1-4H3,(H,20,22)/t12-,15-,18-/m1/s1. The van der Waals surface area contributed by atoms with Crippen molar-refractivity contribution in [2.24, 2.45) is 5.92 Å². The minimum atomic E-state index is -0.458. The second-order valence-corrected chi connectivity index (χ2v) is 7.96. The number of nitrogens with zero attached hydrogens (tertiary/aromatic N) is 1. The fourth-order valence-electron chi connectivity index (χ4n) is 2.63. The molecular weight excluding hydrogens is 344 g/mol. The van der Waals surface area contributed by atoms with Crippen molar-refractivity contribution in [2.45, 2.75) is 51.6 Å². The summed E-state index contributed by atoms with van der Waals surface area (Å²) in [6.45, 7) is 7.72. The van der Waals surface area contributed by atoms with E-state index in [0.29, 0.717) is 10.8 Å². The average molecular weight is 369 g/mol. The maximum atomic E-state index is 12.8. The summed E-state index contributed by atoms with van der Waals surface area (Å²) in [6.07, 6.45) is 0.859. The van der Waals surface area contributed by atoms with Crippen molar-refractivity contribution >= 4 is 35.2 Å². The second-order valence-electron chi connectivity index (χ2n) is 6.44. The van der Waals surface area contributed by atoms with Gasteiger partial charge in [0, 0.05) is 28.3 Å². The van der Waals surface area contributed by atoms with Crippen LogP contribution in [0.5, 0.6) is 0 Å². The average Bonchev–Trinajstić information content (AvgIpc) is 2.98. The fraction of sp³-hybridized carbons (Fsp3) is 0.556. The third-order valence-corrected chi connectivity index (χ3v) is 5.87. The Kier molecular flexibility index (Phi) is 6.58. The van der Waals surface area contributed by atoms with Crippen LogP contribution in [0.1, 0.15) is 45.1 Å². The Morgan fingerprint density at radius 3 is 2.58 bits per heavy atom. The quantitative estimate of drug-likeness (QED) is 0.858. The molecule has 1 aromatic carbocycles. The highest BCUT2D eigenvalue weighted by Gasteiger charge is 2.43. The third-order valence-electron chi connectivity index (χ3n) is 4.22. The summed E-state index contributed by atoms with van der Waals surface area (Å²) in [4.78, 5) is 27.2. The van der Waals surface area contributed by atoms with Crippen molar-refractivity contribution in [1.29, 1.82) is 0 Å². The number of amides is 2. The van der Waals surface area contributed by atoms with Crippen LogP contribution in [-0.2, 0) is 9.59 Å². The highest BCUT2D eigenvalue weighted by molar-refractivity contribution is 7.99. The van der Waals surface area contributed by atoms with Crippen LogP contribution in [0.3, 0.4) is 0 Å². The number of hydrogen-bond acceptors (Lipinski definition) is 3. The molecule has 132 valence electrons. The van der Waals surface area contributed by atoms with E-state index in [9.17, 15) is 9.59 Å². The lowest BCUT2D eigenvalue weighted by Crippen LogP contribution is -2.50. The molecule has 1 N–H and O–H groups in total. The number of carbonyl (C=O) groups excluding carboxylic acids is 2. The molecule has 0 spiro atoms. The Morgan fingerprint density at radius 2 is 2.00 bits per heavy atom. The Balaban J connectivity index is 2.31. The van der Waals surface area contributed by atoms with Gasteiger partial charge in [0.2, 0.25) is 11.8 Å². The molecule has 3 atom stereocenters. The zero-order valence-electron chi connectivity index (χ0n) is 14.6. The number of rotatable bonds is 5. The summed E-state index contributed by atoms with van der Waals surface area (Å²) in [5, 5.41) is 3.41. The second kappa shape index (κ2) is 8.26.